The summed E-state index contributed by atoms with van der Waals surface area (Å²) >= 11 is 0. The highest BCUT2D eigenvalue weighted by molar-refractivity contribution is 5.82. The van der Waals surface area contributed by atoms with E-state index in [1.807, 2.05) is 45.0 Å². The minimum absolute atomic E-state index is 0.153. The van der Waals surface area contributed by atoms with Gasteiger partial charge in [-0.15, -0.1) is 0 Å². The van der Waals surface area contributed by atoms with E-state index < -0.39 is 5.60 Å². The van der Waals surface area contributed by atoms with Gasteiger partial charge in [0.15, 0.2) is 0 Å². The van der Waals surface area contributed by atoms with Crippen LogP contribution < -0.4 is 5.73 Å². The zero-order valence-electron chi connectivity index (χ0n) is 11.5. The molecule has 0 aromatic heterocycles. The fourth-order valence-electron chi connectivity index (χ4n) is 1.56. The molecule has 0 radical (unpaired) electrons. The Morgan fingerprint density at radius 2 is 1.68 bits per heavy atom. The van der Waals surface area contributed by atoms with E-state index in [-0.39, 0.29) is 18.2 Å². The first-order valence-electron chi connectivity index (χ1n) is 6.06. The lowest BCUT2D eigenvalue weighted by Crippen LogP contribution is -2.24. The summed E-state index contributed by atoms with van der Waals surface area (Å²) in [4.78, 5) is 11.6. The van der Waals surface area contributed by atoms with Crippen molar-refractivity contribution in [1.29, 1.82) is 0 Å². The van der Waals surface area contributed by atoms with Gasteiger partial charge in [-0.25, -0.2) is 0 Å². The molecule has 1 rings (SSSR count). The molecule has 0 heterocycles. The predicted octanol–water partition coefficient (Wildman–Crippen LogP) is 1.86. The Morgan fingerprint density at radius 3 is 2.11 bits per heavy atom. The van der Waals surface area contributed by atoms with Crippen LogP contribution in [0.15, 0.2) is 29.4 Å². The molecule has 0 aliphatic heterocycles. The molecule has 5 nitrogen and oxygen atoms in total. The minimum Gasteiger partial charge on any atom is -0.460 e. The zero-order valence-corrected chi connectivity index (χ0v) is 11.5. The van der Waals surface area contributed by atoms with Crippen molar-refractivity contribution in [2.45, 2.75) is 39.2 Å². The first-order chi connectivity index (χ1) is 8.80. The van der Waals surface area contributed by atoms with Gasteiger partial charge in [0.25, 0.3) is 0 Å². The molecule has 5 heteroatoms. The van der Waals surface area contributed by atoms with E-state index in [9.17, 15) is 4.79 Å². The number of amidine groups is 1. The van der Waals surface area contributed by atoms with E-state index in [4.69, 9.17) is 15.7 Å². The van der Waals surface area contributed by atoms with Crippen molar-refractivity contribution < 1.29 is 14.7 Å². The third-order valence-electron chi connectivity index (χ3n) is 2.31. The van der Waals surface area contributed by atoms with E-state index in [0.717, 1.165) is 11.1 Å². The van der Waals surface area contributed by atoms with E-state index in [1.165, 1.54) is 0 Å². The van der Waals surface area contributed by atoms with Crippen molar-refractivity contribution in [2.24, 2.45) is 10.9 Å². The Hall–Kier alpha value is -2.04. The van der Waals surface area contributed by atoms with Crippen LogP contribution in [0.25, 0.3) is 0 Å². The molecule has 0 fully saturated rings. The van der Waals surface area contributed by atoms with Crippen LogP contribution in [0.1, 0.15) is 31.9 Å². The van der Waals surface area contributed by atoms with Gasteiger partial charge in [-0.3, -0.25) is 4.79 Å². The summed E-state index contributed by atoms with van der Waals surface area (Å²) in [6.45, 7) is 5.51. The van der Waals surface area contributed by atoms with Crippen molar-refractivity contribution in [2.75, 3.05) is 0 Å². The van der Waals surface area contributed by atoms with E-state index in [2.05, 4.69) is 5.16 Å². The largest absolute Gasteiger partial charge is 0.460 e. The molecule has 0 spiro atoms. The van der Waals surface area contributed by atoms with Crippen LogP contribution in [0.2, 0.25) is 0 Å². The van der Waals surface area contributed by atoms with Gasteiger partial charge in [0.2, 0.25) is 0 Å². The van der Waals surface area contributed by atoms with Crippen LogP contribution in [0, 0.1) is 0 Å². The monoisotopic (exact) mass is 264 g/mol. The second-order valence-electron chi connectivity index (χ2n) is 5.35. The highest BCUT2D eigenvalue weighted by Crippen LogP contribution is 2.11. The quantitative estimate of drug-likeness (QED) is 0.286. The molecule has 104 valence electrons. The number of carbonyl (C=O) groups is 1. The maximum Gasteiger partial charge on any atom is 0.310 e. The first kappa shape index (κ1) is 15.0. The second-order valence-corrected chi connectivity index (χ2v) is 5.35. The Kier molecular flexibility index (Phi) is 4.92. The standard InChI is InChI=1S/C14H20N2O3/c1-14(2,3)19-13(17)9-11-6-4-10(5-7-11)8-12(15)16-18/h4-7,18H,8-9H2,1-3H3,(H2,15,16). The molecular formula is C14H20N2O3. The summed E-state index contributed by atoms with van der Waals surface area (Å²) in [6.07, 6.45) is 0.615. The normalized spacial score (nSPS) is 12.3. The van der Waals surface area contributed by atoms with Gasteiger partial charge in [0.05, 0.1) is 6.42 Å². The minimum atomic E-state index is -0.469. The summed E-state index contributed by atoms with van der Waals surface area (Å²) in [5.41, 5.74) is 6.74. The molecule has 19 heavy (non-hydrogen) atoms. The molecule has 0 amide bonds. The van der Waals surface area contributed by atoms with Crippen LogP contribution in [-0.4, -0.2) is 22.6 Å². The number of hydrogen-bond acceptors (Lipinski definition) is 4. The first-order valence-corrected chi connectivity index (χ1v) is 6.06. The highest BCUT2D eigenvalue weighted by Gasteiger charge is 2.16. The van der Waals surface area contributed by atoms with Gasteiger partial charge in [-0.1, -0.05) is 29.4 Å². The van der Waals surface area contributed by atoms with Gasteiger partial charge in [0.1, 0.15) is 11.4 Å². The smallest absolute Gasteiger partial charge is 0.310 e. The van der Waals surface area contributed by atoms with Crippen molar-refractivity contribution in [3.05, 3.63) is 35.4 Å². The third-order valence-corrected chi connectivity index (χ3v) is 2.31. The summed E-state index contributed by atoms with van der Waals surface area (Å²) in [7, 11) is 0. The lowest BCUT2D eigenvalue weighted by Gasteiger charge is -2.19. The zero-order chi connectivity index (χ0) is 14.5. The molecule has 0 bridgehead atoms. The van der Waals surface area contributed by atoms with E-state index in [1.54, 1.807) is 0 Å². The summed E-state index contributed by atoms with van der Waals surface area (Å²) in [6, 6.07) is 7.36. The maximum atomic E-state index is 11.6. The molecule has 3 N–H and O–H groups in total. The number of hydrogen-bond donors (Lipinski definition) is 2. The summed E-state index contributed by atoms with van der Waals surface area (Å²) in [5.74, 6) is -0.100. The molecule has 0 aliphatic carbocycles. The van der Waals surface area contributed by atoms with Crippen molar-refractivity contribution in [3.8, 4) is 0 Å². The number of esters is 1. The molecule has 1 aromatic carbocycles. The summed E-state index contributed by atoms with van der Waals surface area (Å²) < 4.78 is 5.24. The fourth-order valence-corrected chi connectivity index (χ4v) is 1.56. The Labute approximate surface area is 113 Å². The Bertz CT molecular complexity index is 459. The van der Waals surface area contributed by atoms with Gasteiger partial charge in [0, 0.05) is 6.42 Å². The van der Waals surface area contributed by atoms with Gasteiger partial charge >= 0.3 is 5.97 Å². The number of nitrogens with zero attached hydrogens (tertiary/aromatic N) is 1. The lowest BCUT2D eigenvalue weighted by molar-refractivity contribution is -0.153. The van der Waals surface area contributed by atoms with E-state index >= 15 is 0 Å². The SMILES string of the molecule is CC(C)(C)OC(=O)Cc1ccc(C/C(N)=N/O)cc1. The Balaban J connectivity index is 2.60. The number of carbonyl (C=O) groups excluding carboxylic acids is 1. The number of oxime groups is 1. The average molecular weight is 264 g/mol. The average Bonchev–Trinajstić information content (AvgIpc) is 2.29. The summed E-state index contributed by atoms with van der Waals surface area (Å²) in [5, 5.41) is 11.4. The van der Waals surface area contributed by atoms with Crippen LogP contribution in [0.5, 0.6) is 0 Å². The number of ether oxygens (including phenoxy) is 1. The highest BCUT2D eigenvalue weighted by atomic mass is 16.6. The van der Waals surface area contributed by atoms with Crippen molar-refractivity contribution >= 4 is 11.8 Å². The van der Waals surface area contributed by atoms with Gasteiger partial charge < -0.3 is 15.7 Å². The molecule has 0 saturated carbocycles. The molecule has 0 aliphatic rings. The molecule has 0 atom stereocenters. The van der Waals surface area contributed by atoms with Crippen LogP contribution >= 0.6 is 0 Å². The second kappa shape index (κ2) is 6.22. The number of rotatable bonds is 4. The van der Waals surface area contributed by atoms with Gasteiger partial charge in [-0.2, -0.15) is 0 Å². The molecule has 0 unspecified atom stereocenters. The lowest BCUT2D eigenvalue weighted by atomic mass is 10.1. The van der Waals surface area contributed by atoms with E-state index in [0.29, 0.717) is 6.42 Å². The predicted molar refractivity (Wildman–Crippen MR) is 73.1 cm³/mol. The topological polar surface area (TPSA) is 84.9 Å². The fraction of sp³-hybridized carbons (Fsp3) is 0.429. The van der Waals surface area contributed by atoms with Gasteiger partial charge in [-0.05, 0) is 31.9 Å². The molecule has 1 aromatic rings. The van der Waals surface area contributed by atoms with Crippen LogP contribution in [-0.2, 0) is 22.4 Å². The Morgan fingerprint density at radius 1 is 1.21 bits per heavy atom. The van der Waals surface area contributed by atoms with Crippen LogP contribution in [0.3, 0.4) is 0 Å². The molecule has 0 saturated heterocycles. The number of benzene rings is 1. The third kappa shape index (κ3) is 5.90. The van der Waals surface area contributed by atoms with Crippen molar-refractivity contribution in [1.82, 2.24) is 0 Å². The van der Waals surface area contributed by atoms with Crippen molar-refractivity contribution in [3.63, 3.8) is 0 Å². The molecular weight excluding hydrogens is 244 g/mol. The maximum absolute atomic E-state index is 11.6. The number of nitrogens with two attached hydrogens (primary N) is 1. The van der Waals surface area contributed by atoms with Crippen LogP contribution in [0.4, 0.5) is 0 Å².